The molecule has 1 atom stereocenters. The fraction of sp³-hybridized carbons (Fsp3) is 0.556. The van der Waals surface area contributed by atoms with Crippen molar-refractivity contribution in [3.63, 3.8) is 0 Å². The van der Waals surface area contributed by atoms with Gasteiger partial charge in [0.25, 0.3) is 0 Å². The van der Waals surface area contributed by atoms with E-state index in [0.717, 1.165) is 56.7 Å². The Balaban J connectivity index is 1.08. The molecule has 34 heavy (non-hydrogen) atoms. The first kappa shape index (κ1) is 22.8. The molecule has 1 N–H and O–H groups in total. The Morgan fingerprint density at radius 3 is 2.38 bits per heavy atom. The number of amides is 2. The van der Waals surface area contributed by atoms with Gasteiger partial charge in [0.15, 0.2) is 0 Å². The molecule has 1 aromatic carbocycles. The Labute approximate surface area is 201 Å². The summed E-state index contributed by atoms with van der Waals surface area (Å²) in [6.07, 6.45) is 12.1. The highest BCUT2D eigenvalue weighted by molar-refractivity contribution is 5.93. The number of nitrogens with zero attached hydrogens (tertiary/aromatic N) is 4. The normalized spacial score (nSPS) is 21.7. The number of carbonyl (C=O) groups is 2. The number of hydrogen-bond donors (Lipinski definition) is 1. The van der Waals surface area contributed by atoms with Gasteiger partial charge >= 0.3 is 0 Å². The molecule has 7 heteroatoms. The summed E-state index contributed by atoms with van der Waals surface area (Å²) in [7, 11) is 0. The summed E-state index contributed by atoms with van der Waals surface area (Å²) in [6, 6.07) is 10.2. The van der Waals surface area contributed by atoms with Crippen molar-refractivity contribution in [3.05, 3.63) is 48.3 Å². The zero-order valence-electron chi connectivity index (χ0n) is 19.9. The SMILES string of the molecule is O=C(Nc1ccc(C2CCN(C(=O)CC3CCCC3)CC2)cc1)C1CCN(c2ccnnc2)C1. The number of nitrogens with one attached hydrogen (secondary N) is 1. The third kappa shape index (κ3) is 5.40. The molecule has 7 nitrogen and oxygen atoms in total. The lowest BCUT2D eigenvalue weighted by Crippen LogP contribution is -2.38. The van der Waals surface area contributed by atoms with Gasteiger partial charge in [0, 0.05) is 38.3 Å². The maximum atomic E-state index is 12.8. The van der Waals surface area contributed by atoms with Crippen molar-refractivity contribution in [1.29, 1.82) is 0 Å². The van der Waals surface area contributed by atoms with Gasteiger partial charge in [0.05, 0.1) is 24.0 Å². The molecule has 1 aromatic heterocycles. The predicted molar refractivity (Wildman–Crippen MR) is 133 cm³/mol. The number of carbonyl (C=O) groups excluding carboxylic acids is 2. The van der Waals surface area contributed by atoms with E-state index in [1.165, 1.54) is 31.2 Å². The number of hydrogen-bond acceptors (Lipinski definition) is 5. The van der Waals surface area contributed by atoms with Crippen LogP contribution in [0.3, 0.4) is 0 Å². The highest BCUT2D eigenvalue weighted by Gasteiger charge is 2.29. The molecule has 0 spiro atoms. The summed E-state index contributed by atoms with van der Waals surface area (Å²) in [4.78, 5) is 29.7. The number of anilines is 2. The number of rotatable bonds is 6. The van der Waals surface area contributed by atoms with Crippen molar-refractivity contribution in [2.24, 2.45) is 11.8 Å². The van der Waals surface area contributed by atoms with Gasteiger partial charge in [-0.1, -0.05) is 25.0 Å². The van der Waals surface area contributed by atoms with E-state index in [0.29, 0.717) is 24.3 Å². The third-order valence-corrected chi connectivity index (χ3v) is 7.93. The number of aromatic nitrogens is 2. The van der Waals surface area contributed by atoms with Crippen LogP contribution in [0.2, 0.25) is 0 Å². The van der Waals surface area contributed by atoms with Crippen LogP contribution >= 0.6 is 0 Å². The molecular weight excluding hydrogens is 426 g/mol. The topological polar surface area (TPSA) is 78.4 Å². The minimum Gasteiger partial charge on any atom is -0.369 e. The van der Waals surface area contributed by atoms with Gasteiger partial charge in [-0.25, -0.2) is 0 Å². The van der Waals surface area contributed by atoms with Gasteiger partial charge in [-0.05, 0) is 67.7 Å². The molecule has 2 aromatic rings. The zero-order chi connectivity index (χ0) is 23.3. The number of piperidine rings is 1. The lowest BCUT2D eigenvalue weighted by Gasteiger charge is -2.33. The molecule has 0 bridgehead atoms. The molecule has 2 saturated heterocycles. The first-order chi connectivity index (χ1) is 16.7. The molecule has 3 heterocycles. The Hall–Kier alpha value is -2.96. The molecule has 1 saturated carbocycles. The predicted octanol–water partition coefficient (Wildman–Crippen LogP) is 4.23. The van der Waals surface area contributed by atoms with Crippen LogP contribution in [0.15, 0.2) is 42.7 Å². The monoisotopic (exact) mass is 461 g/mol. The van der Waals surface area contributed by atoms with E-state index in [1.807, 2.05) is 18.2 Å². The molecule has 2 aliphatic heterocycles. The van der Waals surface area contributed by atoms with Gasteiger partial charge in [-0.3, -0.25) is 9.59 Å². The first-order valence-electron chi connectivity index (χ1n) is 12.9. The van der Waals surface area contributed by atoms with E-state index in [4.69, 9.17) is 0 Å². The van der Waals surface area contributed by atoms with E-state index in [1.54, 1.807) is 12.4 Å². The van der Waals surface area contributed by atoms with Gasteiger partial charge < -0.3 is 15.1 Å². The minimum atomic E-state index is -0.0288. The molecule has 5 rings (SSSR count). The second kappa shape index (κ2) is 10.5. The number of likely N-dealkylation sites (tertiary alicyclic amines) is 1. The average molecular weight is 462 g/mol. The van der Waals surface area contributed by atoms with E-state index in [-0.39, 0.29) is 11.8 Å². The zero-order valence-corrected chi connectivity index (χ0v) is 19.9. The van der Waals surface area contributed by atoms with E-state index >= 15 is 0 Å². The van der Waals surface area contributed by atoms with E-state index in [9.17, 15) is 9.59 Å². The summed E-state index contributed by atoms with van der Waals surface area (Å²) >= 11 is 0. The molecule has 0 radical (unpaired) electrons. The second-order valence-corrected chi connectivity index (χ2v) is 10.2. The van der Waals surface area contributed by atoms with Crippen molar-refractivity contribution >= 4 is 23.2 Å². The van der Waals surface area contributed by atoms with Gasteiger partial charge in [-0.2, -0.15) is 10.2 Å². The van der Waals surface area contributed by atoms with E-state index < -0.39 is 0 Å². The van der Waals surface area contributed by atoms with Crippen LogP contribution < -0.4 is 10.2 Å². The van der Waals surface area contributed by atoms with Crippen molar-refractivity contribution in [3.8, 4) is 0 Å². The van der Waals surface area contributed by atoms with Crippen LogP contribution in [0.1, 0.15) is 62.8 Å². The average Bonchev–Trinajstić information content (AvgIpc) is 3.58. The second-order valence-electron chi connectivity index (χ2n) is 10.2. The smallest absolute Gasteiger partial charge is 0.229 e. The largest absolute Gasteiger partial charge is 0.369 e. The quantitative estimate of drug-likeness (QED) is 0.697. The van der Waals surface area contributed by atoms with Crippen LogP contribution in [-0.4, -0.2) is 53.1 Å². The Morgan fingerprint density at radius 2 is 1.68 bits per heavy atom. The Kier molecular flexibility index (Phi) is 7.07. The summed E-state index contributed by atoms with van der Waals surface area (Å²) in [5.41, 5.74) is 3.17. The summed E-state index contributed by atoms with van der Waals surface area (Å²) < 4.78 is 0. The highest BCUT2D eigenvalue weighted by Crippen LogP contribution is 2.32. The molecular formula is C27H35N5O2. The molecule has 3 fully saturated rings. The van der Waals surface area contributed by atoms with Crippen molar-refractivity contribution in [2.45, 2.75) is 57.3 Å². The molecule has 2 amide bonds. The van der Waals surface area contributed by atoms with Gasteiger partial charge in [0.2, 0.25) is 11.8 Å². The summed E-state index contributed by atoms with van der Waals surface area (Å²) in [6.45, 7) is 3.28. The fourth-order valence-corrected chi connectivity index (χ4v) is 5.82. The van der Waals surface area contributed by atoms with Crippen LogP contribution in [0.4, 0.5) is 11.4 Å². The van der Waals surface area contributed by atoms with Crippen molar-refractivity contribution in [1.82, 2.24) is 15.1 Å². The van der Waals surface area contributed by atoms with Crippen LogP contribution in [0.5, 0.6) is 0 Å². The molecule has 1 aliphatic carbocycles. The minimum absolute atomic E-state index is 0.0288. The molecule has 3 aliphatic rings. The van der Waals surface area contributed by atoms with E-state index in [2.05, 4.69) is 37.4 Å². The third-order valence-electron chi connectivity index (χ3n) is 7.93. The van der Waals surface area contributed by atoms with Gasteiger partial charge in [-0.15, -0.1) is 0 Å². The fourth-order valence-electron chi connectivity index (χ4n) is 5.82. The summed E-state index contributed by atoms with van der Waals surface area (Å²) in [5, 5.41) is 10.9. The first-order valence-corrected chi connectivity index (χ1v) is 12.9. The lowest BCUT2D eigenvalue weighted by molar-refractivity contribution is -0.133. The standard InChI is InChI=1S/C27H35N5O2/c33-26(17-20-3-1-2-4-20)31-14-10-22(11-15-31)21-5-7-24(8-6-21)30-27(34)23-12-16-32(19-23)25-9-13-28-29-18-25/h5-9,13,18,20,22-23H,1-4,10-12,14-17,19H2,(H,30,34). The van der Waals surface area contributed by atoms with Crippen molar-refractivity contribution in [2.75, 3.05) is 36.4 Å². The lowest BCUT2D eigenvalue weighted by atomic mass is 9.89. The maximum Gasteiger partial charge on any atom is 0.229 e. The van der Waals surface area contributed by atoms with Crippen LogP contribution in [0, 0.1) is 11.8 Å². The summed E-state index contributed by atoms with van der Waals surface area (Å²) in [5.74, 6) is 1.50. The van der Waals surface area contributed by atoms with Crippen LogP contribution in [0.25, 0.3) is 0 Å². The Morgan fingerprint density at radius 1 is 0.912 bits per heavy atom. The molecule has 1 unspecified atom stereocenters. The number of benzene rings is 1. The van der Waals surface area contributed by atoms with Gasteiger partial charge in [0.1, 0.15) is 0 Å². The maximum absolute atomic E-state index is 12.8. The van der Waals surface area contributed by atoms with Crippen LogP contribution in [-0.2, 0) is 9.59 Å². The van der Waals surface area contributed by atoms with Crippen molar-refractivity contribution < 1.29 is 9.59 Å². The molecule has 180 valence electrons. The highest BCUT2D eigenvalue weighted by atomic mass is 16.2. The Bertz CT molecular complexity index is 966.